The molecule has 10 nitrogen and oxygen atoms in total. The van der Waals surface area contributed by atoms with Gasteiger partial charge in [-0.05, 0) is 36.6 Å². The third kappa shape index (κ3) is 5.17. The van der Waals surface area contributed by atoms with E-state index in [9.17, 15) is 29.3 Å². The zero-order valence-electron chi connectivity index (χ0n) is 17.7. The van der Waals surface area contributed by atoms with Crippen molar-refractivity contribution in [3.8, 4) is 0 Å². The highest BCUT2D eigenvalue weighted by molar-refractivity contribution is 6.31. The van der Waals surface area contributed by atoms with E-state index < -0.39 is 41.3 Å². The molecule has 1 aliphatic heterocycles. The van der Waals surface area contributed by atoms with Gasteiger partial charge in [-0.3, -0.25) is 29.4 Å². The normalized spacial score (nSPS) is 13.6. The summed E-state index contributed by atoms with van der Waals surface area (Å²) in [6, 6.07) is 8.62. The number of nitrogens with zero attached hydrogens (tertiary/aromatic N) is 2. The first kappa shape index (κ1) is 23.9. The predicted octanol–water partition coefficient (Wildman–Crippen LogP) is 3.44. The molecule has 0 bridgehead atoms. The summed E-state index contributed by atoms with van der Waals surface area (Å²) >= 11 is 5.83. The molecule has 0 spiro atoms. The molecule has 0 saturated carbocycles. The van der Waals surface area contributed by atoms with E-state index in [0.717, 1.165) is 11.0 Å². The highest BCUT2D eigenvalue weighted by Gasteiger charge is 2.43. The maximum absolute atomic E-state index is 12.8. The van der Waals surface area contributed by atoms with Crippen molar-refractivity contribution < 1.29 is 28.8 Å². The molecular formula is C22H20ClN3O7. The zero-order valence-corrected chi connectivity index (χ0v) is 18.5. The summed E-state index contributed by atoms with van der Waals surface area (Å²) in [6.07, 6.45) is 0.131. The largest absolute Gasteiger partial charge is 0.454 e. The first-order chi connectivity index (χ1) is 15.6. The molecule has 0 saturated heterocycles. The molecule has 2 aromatic rings. The molecule has 11 heteroatoms. The van der Waals surface area contributed by atoms with Crippen molar-refractivity contribution in [2.45, 2.75) is 26.3 Å². The zero-order chi connectivity index (χ0) is 24.3. The number of amides is 3. The number of esters is 1. The molecule has 0 unspecified atom stereocenters. The van der Waals surface area contributed by atoms with E-state index in [2.05, 4.69) is 5.32 Å². The fourth-order valence-electron chi connectivity index (χ4n) is 3.43. The van der Waals surface area contributed by atoms with Gasteiger partial charge in [0.2, 0.25) is 0 Å². The number of fused-ring (bicyclic) bond motifs is 1. The third-order valence-corrected chi connectivity index (χ3v) is 5.11. The number of nitro groups is 1. The Kier molecular flexibility index (Phi) is 7.07. The van der Waals surface area contributed by atoms with Crippen LogP contribution in [0.4, 0.5) is 11.4 Å². The van der Waals surface area contributed by atoms with Crippen molar-refractivity contribution >= 4 is 46.7 Å². The van der Waals surface area contributed by atoms with Crippen LogP contribution in [0.3, 0.4) is 0 Å². The second-order valence-corrected chi connectivity index (χ2v) is 8.18. The number of nitro benzene ring substituents is 1. The van der Waals surface area contributed by atoms with Gasteiger partial charge in [0.1, 0.15) is 11.7 Å². The van der Waals surface area contributed by atoms with Gasteiger partial charge in [0, 0.05) is 11.1 Å². The molecule has 1 atom stereocenters. The van der Waals surface area contributed by atoms with Gasteiger partial charge in [0.05, 0.1) is 16.1 Å². The number of hydrogen-bond donors (Lipinski definition) is 1. The van der Waals surface area contributed by atoms with Crippen molar-refractivity contribution in [1.29, 1.82) is 0 Å². The van der Waals surface area contributed by atoms with Gasteiger partial charge < -0.3 is 10.1 Å². The smallest absolute Gasteiger partial charge is 0.329 e. The molecule has 1 aliphatic rings. The first-order valence-electron chi connectivity index (χ1n) is 9.97. The summed E-state index contributed by atoms with van der Waals surface area (Å²) in [5.74, 6) is -3.09. The topological polar surface area (TPSA) is 136 Å². The molecule has 0 radical (unpaired) electrons. The fourth-order valence-corrected chi connectivity index (χ4v) is 3.60. The van der Waals surface area contributed by atoms with Gasteiger partial charge in [-0.25, -0.2) is 4.79 Å². The summed E-state index contributed by atoms with van der Waals surface area (Å²) in [6.45, 7) is 2.84. The minimum Gasteiger partial charge on any atom is -0.454 e. The van der Waals surface area contributed by atoms with Crippen LogP contribution in [0.25, 0.3) is 0 Å². The number of halogens is 1. The summed E-state index contributed by atoms with van der Waals surface area (Å²) in [7, 11) is 0. The molecule has 3 rings (SSSR count). The van der Waals surface area contributed by atoms with Crippen molar-refractivity contribution in [2.24, 2.45) is 5.92 Å². The number of hydrogen-bond acceptors (Lipinski definition) is 7. The molecule has 33 heavy (non-hydrogen) atoms. The maximum atomic E-state index is 12.8. The highest BCUT2D eigenvalue weighted by Crippen LogP contribution is 2.29. The Balaban J connectivity index is 1.73. The number of carbonyl (C=O) groups excluding carboxylic acids is 4. The van der Waals surface area contributed by atoms with Gasteiger partial charge in [-0.1, -0.05) is 37.6 Å². The molecule has 1 heterocycles. The van der Waals surface area contributed by atoms with Crippen LogP contribution in [-0.4, -0.2) is 46.2 Å². The molecule has 3 amide bonds. The van der Waals surface area contributed by atoms with Crippen molar-refractivity contribution in [2.75, 3.05) is 11.9 Å². The van der Waals surface area contributed by atoms with E-state index in [0.29, 0.717) is 0 Å². The number of ether oxygens (including phenoxy) is 1. The fraction of sp³-hybridized carbons (Fsp3) is 0.273. The Morgan fingerprint density at radius 2 is 1.73 bits per heavy atom. The van der Waals surface area contributed by atoms with E-state index in [1.165, 1.54) is 24.3 Å². The Bertz CT molecular complexity index is 1110. The molecule has 0 fully saturated rings. The van der Waals surface area contributed by atoms with Crippen LogP contribution < -0.4 is 5.32 Å². The Hall–Kier alpha value is -3.79. The number of nitrogens with one attached hydrogen (secondary N) is 1. The van der Waals surface area contributed by atoms with Gasteiger partial charge >= 0.3 is 5.97 Å². The lowest BCUT2D eigenvalue weighted by Gasteiger charge is -2.25. The lowest BCUT2D eigenvalue weighted by atomic mass is 10.0. The standard InChI is InChI=1S/C22H20ClN3O7/c1-12(2)9-18(25-20(28)14-5-3-4-6-15(14)21(25)29)22(30)33-11-19(27)24-16-10-13(23)7-8-17(16)26(31)32/h3-8,10,12,18H,9,11H2,1-2H3,(H,24,27)/t18-/m1/s1. The Morgan fingerprint density at radius 1 is 1.12 bits per heavy atom. The van der Waals surface area contributed by atoms with Gasteiger partial charge in [0.25, 0.3) is 23.4 Å². The second-order valence-electron chi connectivity index (χ2n) is 7.75. The third-order valence-electron chi connectivity index (χ3n) is 4.88. The summed E-state index contributed by atoms with van der Waals surface area (Å²) in [5.41, 5.74) is -0.166. The van der Waals surface area contributed by atoms with E-state index in [4.69, 9.17) is 16.3 Å². The SMILES string of the molecule is CC(C)C[C@H](C(=O)OCC(=O)Nc1cc(Cl)ccc1[N+](=O)[O-])N1C(=O)c2ccccc2C1=O. The summed E-state index contributed by atoms with van der Waals surface area (Å²) in [4.78, 5) is 62.0. The molecule has 1 N–H and O–H groups in total. The van der Waals surface area contributed by atoms with E-state index >= 15 is 0 Å². The minimum atomic E-state index is -1.23. The van der Waals surface area contributed by atoms with Crippen molar-refractivity contribution in [3.63, 3.8) is 0 Å². The first-order valence-corrected chi connectivity index (χ1v) is 10.3. The Labute approximate surface area is 193 Å². The lowest BCUT2D eigenvalue weighted by molar-refractivity contribution is -0.383. The van der Waals surface area contributed by atoms with Crippen molar-refractivity contribution in [3.05, 3.63) is 68.7 Å². The number of rotatable bonds is 8. The lowest BCUT2D eigenvalue weighted by Crippen LogP contribution is -2.46. The quantitative estimate of drug-likeness (QED) is 0.268. The monoisotopic (exact) mass is 473 g/mol. The number of imide groups is 1. The average Bonchev–Trinajstić information content (AvgIpc) is 3.00. The molecule has 0 aromatic heterocycles. The van der Waals surface area contributed by atoms with E-state index in [-0.39, 0.29) is 39.9 Å². The number of anilines is 1. The van der Waals surface area contributed by atoms with Crippen LogP contribution in [0.2, 0.25) is 5.02 Å². The Morgan fingerprint density at radius 3 is 2.27 bits per heavy atom. The molecular weight excluding hydrogens is 454 g/mol. The van der Waals surface area contributed by atoms with E-state index in [1.807, 2.05) is 13.8 Å². The van der Waals surface area contributed by atoms with Crippen molar-refractivity contribution in [1.82, 2.24) is 4.90 Å². The number of benzene rings is 2. The predicted molar refractivity (Wildman–Crippen MR) is 118 cm³/mol. The molecule has 0 aliphatic carbocycles. The molecule has 2 aromatic carbocycles. The highest BCUT2D eigenvalue weighted by atomic mass is 35.5. The van der Waals surface area contributed by atoms with Crippen LogP contribution in [-0.2, 0) is 14.3 Å². The van der Waals surface area contributed by atoms with Crippen LogP contribution in [0.5, 0.6) is 0 Å². The van der Waals surface area contributed by atoms with Crippen LogP contribution >= 0.6 is 11.6 Å². The maximum Gasteiger partial charge on any atom is 0.329 e. The molecule has 172 valence electrons. The number of carbonyl (C=O) groups is 4. The van der Waals surface area contributed by atoms with Gasteiger partial charge in [-0.2, -0.15) is 0 Å². The minimum absolute atomic E-state index is 0.0743. The van der Waals surface area contributed by atoms with Gasteiger partial charge in [-0.15, -0.1) is 0 Å². The van der Waals surface area contributed by atoms with E-state index in [1.54, 1.807) is 12.1 Å². The van der Waals surface area contributed by atoms with Crippen LogP contribution in [0.1, 0.15) is 41.0 Å². The average molecular weight is 474 g/mol. The summed E-state index contributed by atoms with van der Waals surface area (Å²) in [5, 5.41) is 13.6. The summed E-state index contributed by atoms with van der Waals surface area (Å²) < 4.78 is 5.08. The van der Waals surface area contributed by atoms with Gasteiger partial charge in [0.15, 0.2) is 6.61 Å². The van der Waals surface area contributed by atoms with Crippen LogP contribution in [0.15, 0.2) is 42.5 Å². The van der Waals surface area contributed by atoms with Crippen LogP contribution in [0, 0.1) is 16.0 Å². The second kappa shape index (κ2) is 9.78.